The minimum Gasteiger partial charge on any atom is -0.393 e. The summed E-state index contributed by atoms with van der Waals surface area (Å²) in [6.07, 6.45) is 10.2. The van der Waals surface area contributed by atoms with Gasteiger partial charge in [-0.1, -0.05) is 13.8 Å². The summed E-state index contributed by atoms with van der Waals surface area (Å²) < 4.78 is 0. The second kappa shape index (κ2) is 5.30. The summed E-state index contributed by atoms with van der Waals surface area (Å²) in [4.78, 5) is 0. The Balaban J connectivity index is 1.68. The van der Waals surface area contributed by atoms with Crippen LogP contribution >= 0.6 is 0 Å². The zero-order chi connectivity index (χ0) is 17.3. The molecule has 4 aliphatic carbocycles. The molecule has 0 aromatic heterocycles. The second-order valence-electron chi connectivity index (χ2n) is 10.2. The first kappa shape index (κ1) is 17.0. The third-order valence-electron chi connectivity index (χ3n) is 9.36. The van der Waals surface area contributed by atoms with E-state index in [9.17, 15) is 5.11 Å². The van der Waals surface area contributed by atoms with Crippen LogP contribution in [0.25, 0.3) is 0 Å². The van der Waals surface area contributed by atoms with Gasteiger partial charge in [-0.3, -0.25) is 0 Å². The van der Waals surface area contributed by atoms with E-state index < -0.39 is 0 Å². The van der Waals surface area contributed by atoms with Crippen LogP contribution in [0.1, 0.15) is 78.6 Å². The summed E-state index contributed by atoms with van der Waals surface area (Å²) in [7, 11) is 0. The van der Waals surface area contributed by atoms with Gasteiger partial charge in [0.2, 0.25) is 0 Å². The molecule has 4 saturated carbocycles. The molecule has 4 aliphatic rings. The summed E-state index contributed by atoms with van der Waals surface area (Å²) >= 11 is 0. The maximum atomic E-state index is 10.2. The Morgan fingerprint density at radius 1 is 0.958 bits per heavy atom. The summed E-state index contributed by atoms with van der Waals surface area (Å²) in [6.45, 7) is 6.94. The van der Waals surface area contributed by atoms with Crippen molar-refractivity contribution in [1.29, 1.82) is 5.41 Å². The summed E-state index contributed by atoms with van der Waals surface area (Å²) in [5, 5.41) is 18.4. The number of aliphatic hydroxyl groups is 1. The lowest BCUT2D eigenvalue weighted by molar-refractivity contribution is -0.136. The minimum absolute atomic E-state index is 0.0370. The highest BCUT2D eigenvalue weighted by Crippen LogP contribution is 2.68. The zero-order valence-electron chi connectivity index (χ0n) is 15.8. The van der Waals surface area contributed by atoms with Crippen LogP contribution in [-0.4, -0.2) is 22.5 Å². The van der Waals surface area contributed by atoms with Gasteiger partial charge in [-0.05, 0) is 93.3 Å². The molecule has 4 rings (SSSR count). The molecule has 8 unspecified atom stereocenters. The molecule has 0 radical (unpaired) electrons. The van der Waals surface area contributed by atoms with Crippen LogP contribution in [0.4, 0.5) is 0 Å². The average Bonchev–Trinajstić information content (AvgIpc) is 2.87. The Kier molecular flexibility index (Phi) is 3.76. The molecule has 0 aromatic rings. The maximum absolute atomic E-state index is 10.2. The predicted molar refractivity (Wildman–Crippen MR) is 98.1 cm³/mol. The molecule has 0 aliphatic heterocycles. The number of hydrogen-bond acceptors (Lipinski definition) is 3. The third-order valence-corrected chi connectivity index (χ3v) is 9.36. The molecule has 0 saturated heterocycles. The zero-order valence-corrected chi connectivity index (χ0v) is 15.8. The van der Waals surface area contributed by atoms with Crippen molar-refractivity contribution >= 4 is 5.71 Å². The van der Waals surface area contributed by atoms with Crippen molar-refractivity contribution in [2.45, 2.75) is 90.2 Å². The standard InChI is InChI=1S/C21H36N2O/c1-13(22)16-4-5-17-20(16,3)10-8-18-19(2)9-7-15(24)12-14(19)6-11-21(17,18)23/h14-18,22,24H,4-12,23H2,1-3H3. The van der Waals surface area contributed by atoms with Crippen molar-refractivity contribution in [3.05, 3.63) is 0 Å². The Labute approximate surface area is 147 Å². The number of aliphatic hydroxyl groups excluding tert-OH is 1. The van der Waals surface area contributed by atoms with E-state index in [-0.39, 0.29) is 17.1 Å². The average molecular weight is 333 g/mol. The normalized spacial score (nSPS) is 57.0. The molecule has 0 bridgehead atoms. The molecule has 3 heteroatoms. The fraction of sp³-hybridized carbons (Fsp3) is 0.952. The lowest BCUT2D eigenvalue weighted by Gasteiger charge is -2.65. The maximum Gasteiger partial charge on any atom is 0.0543 e. The molecule has 0 heterocycles. The van der Waals surface area contributed by atoms with Crippen LogP contribution < -0.4 is 5.73 Å². The smallest absolute Gasteiger partial charge is 0.0543 e. The number of hydrogen-bond donors (Lipinski definition) is 3. The molecule has 136 valence electrons. The van der Waals surface area contributed by atoms with Crippen molar-refractivity contribution in [2.24, 2.45) is 40.2 Å². The topological polar surface area (TPSA) is 70.1 Å². The number of rotatable bonds is 1. The van der Waals surface area contributed by atoms with Gasteiger partial charge in [0.15, 0.2) is 0 Å². The molecule has 8 atom stereocenters. The lowest BCUT2D eigenvalue weighted by Crippen LogP contribution is -2.68. The molecule has 3 nitrogen and oxygen atoms in total. The van der Waals surface area contributed by atoms with Crippen LogP contribution in [0.2, 0.25) is 0 Å². The van der Waals surface area contributed by atoms with E-state index in [0.717, 1.165) is 31.4 Å². The second-order valence-corrected chi connectivity index (χ2v) is 10.2. The molecule has 0 aromatic carbocycles. The van der Waals surface area contributed by atoms with Gasteiger partial charge in [0.05, 0.1) is 6.10 Å². The van der Waals surface area contributed by atoms with Gasteiger partial charge in [-0.15, -0.1) is 0 Å². The highest BCUT2D eigenvalue weighted by molar-refractivity contribution is 5.82. The van der Waals surface area contributed by atoms with E-state index in [1.165, 1.54) is 32.1 Å². The van der Waals surface area contributed by atoms with E-state index in [1.807, 2.05) is 6.92 Å². The van der Waals surface area contributed by atoms with E-state index in [1.54, 1.807) is 0 Å². The Morgan fingerprint density at radius 3 is 2.33 bits per heavy atom. The van der Waals surface area contributed by atoms with Crippen LogP contribution in [0, 0.1) is 39.9 Å². The Morgan fingerprint density at radius 2 is 1.62 bits per heavy atom. The van der Waals surface area contributed by atoms with Gasteiger partial charge in [0.1, 0.15) is 0 Å². The summed E-state index contributed by atoms with van der Waals surface area (Å²) in [6, 6.07) is 0. The van der Waals surface area contributed by atoms with Gasteiger partial charge in [-0.2, -0.15) is 0 Å². The molecule has 4 N–H and O–H groups in total. The first-order chi connectivity index (χ1) is 11.2. The monoisotopic (exact) mass is 332 g/mol. The summed E-state index contributed by atoms with van der Waals surface area (Å²) in [5.41, 5.74) is 8.70. The van der Waals surface area contributed by atoms with E-state index in [0.29, 0.717) is 29.1 Å². The molecular weight excluding hydrogens is 296 g/mol. The number of nitrogens with one attached hydrogen (secondary N) is 1. The van der Waals surface area contributed by atoms with Gasteiger partial charge >= 0.3 is 0 Å². The van der Waals surface area contributed by atoms with E-state index in [4.69, 9.17) is 11.1 Å². The van der Waals surface area contributed by atoms with Gasteiger partial charge in [0, 0.05) is 17.2 Å². The largest absolute Gasteiger partial charge is 0.393 e. The highest BCUT2D eigenvalue weighted by atomic mass is 16.3. The molecule has 24 heavy (non-hydrogen) atoms. The van der Waals surface area contributed by atoms with Crippen molar-refractivity contribution < 1.29 is 5.11 Å². The first-order valence-electron chi connectivity index (χ1n) is 10.2. The number of nitrogens with two attached hydrogens (primary N) is 1. The van der Waals surface area contributed by atoms with Crippen LogP contribution in [0.5, 0.6) is 0 Å². The van der Waals surface area contributed by atoms with Crippen LogP contribution in [-0.2, 0) is 0 Å². The van der Waals surface area contributed by atoms with Crippen molar-refractivity contribution in [2.75, 3.05) is 0 Å². The number of fused-ring (bicyclic) bond motifs is 5. The predicted octanol–water partition coefficient (Wildman–Crippen LogP) is 4.13. The molecule has 0 spiro atoms. The highest BCUT2D eigenvalue weighted by Gasteiger charge is 2.65. The van der Waals surface area contributed by atoms with Crippen molar-refractivity contribution in [1.82, 2.24) is 0 Å². The first-order valence-corrected chi connectivity index (χ1v) is 10.2. The third kappa shape index (κ3) is 2.06. The SMILES string of the molecule is CC(=N)C1CCC2C1(C)CCC1C3(C)CCC(O)CC3CCC12N. The molecule has 4 fully saturated rings. The fourth-order valence-electron chi connectivity index (χ4n) is 8.16. The quantitative estimate of drug-likeness (QED) is 0.632. The fourth-order valence-corrected chi connectivity index (χ4v) is 8.16. The van der Waals surface area contributed by atoms with Crippen LogP contribution in [0.3, 0.4) is 0 Å². The van der Waals surface area contributed by atoms with E-state index in [2.05, 4.69) is 13.8 Å². The van der Waals surface area contributed by atoms with E-state index >= 15 is 0 Å². The minimum atomic E-state index is -0.0846. The van der Waals surface area contributed by atoms with Crippen LogP contribution in [0.15, 0.2) is 0 Å². The van der Waals surface area contributed by atoms with Gasteiger partial charge in [0.25, 0.3) is 0 Å². The van der Waals surface area contributed by atoms with Crippen molar-refractivity contribution in [3.8, 4) is 0 Å². The van der Waals surface area contributed by atoms with Gasteiger partial charge in [-0.25, -0.2) is 0 Å². The Hall–Kier alpha value is -0.410. The molecular formula is C21H36N2O. The molecule has 0 amide bonds. The summed E-state index contributed by atoms with van der Waals surface area (Å²) in [5.74, 6) is 2.30. The van der Waals surface area contributed by atoms with Gasteiger partial charge < -0.3 is 16.2 Å². The lowest BCUT2D eigenvalue weighted by atomic mass is 9.42. The van der Waals surface area contributed by atoms with Crippen molar-refractivity contribution in [3.63, 3.8) is 0 Å². The Bertz CT molecular complexity index is 548.